The van der Waals surface area contributed by atoms with Crippen LogP contribution in [0.4, 0.5) is 0 Å². The van der Waals surface area contributed by atoms with Crippen LogP contribution in [-0.4, -0.2) is 0 Å². The first-order valence-corrected chi connectivity index (χ1v) is 10.9. The van der Waals surface area contributed by atoms with E-state index in [1.165, 1.54) is 36.1 Å². The molecule has 4 heteroatoms. The molecule has 0 aliphatic carbocycles. The van der Waals surface area contributed by atoms with Crippen molar-refractivity contribution < 1.29 is 12.9 Å². The third kappa shape index (κ3) is 5.79. The summed E-state index contributed by atoms with van der Waals surface area (Å²) in [7, 11) is 1.38. The van der Waals surface area contributed by atoms with Gasteiger partial charge in [0.05, 0.1) is 0 Å². The van der Waals surface area contributed by atoms with Crippen molar-refractivity contribution in [1.82, 2.24) is 0 Å². The zero-order valence-corrected chi connectivity index (χ0v) is 14.9. The van der Waals surface area contributed by atoms with Crippen molar-refractivity contribution in [3.05, 3.63) is 34.5 Å². The van der Waals surface area contributed by atoms with Crippen molar-refractivity contribution in [3.63, 3.8) is 0 Å². The van der Waals surface area contributed by atoms with Crippen LogP contribution in [0.3, 0.4) is 0 Å². The van der Waals surface area contributed by atoms with Gasteiger partial charge >= 0.3 is 60.4 Å². The Balaban J connectivity index is 0. The first kappa shape index (κ1) is 18.4. The molecule has 0 amide bonds. The summed E-state index contributed by atoms with van der Waals surface area (Å²) in [5.74, 6) is 0. The molecule has 1 aromatic rings. The summed E-state index contributed by atoms with van der Waals surface area (Å²) >= 11 is 4.49. The van der Waals surface area contributed by atoms with Crippen LogP contribution >= 0.6 is 40.8 Å². The third-order valence-electron chi connectivity index (χ3n) is 2.81. The average Bonchev–Trinajstić information content (AvgIpc) is 2.41. The van der Waals surface area contributed by atoms with E-state index < -0.39 is 0 Å². The topological polar surface area (TPSA) is 19.9 Å². The van der Waals surface area contributed by atoms with E-state index in [4.69, 9.17) is 4.65 Å². The zero-order chi connectivity index (χ0) is 12.6. The molecular formula is C11H15CoI2O-. The molecule has 0 saturated carbocycles. The Bertz CT molecular complexity index is 236. The second-order valence-corrected chi connectivity index (χ2v) is 12.0. The third-order valence-corrected chi connectivity index (χ3v) is 2.81. The molecule has 0 unspecified atom stereocenters. The van der Waals surface area contributed by atoms with Crippen LogP contribution in [0.2, 0.25) is 0 Å². The summed E-state index contributed by atoms with van der Waals surface area (Å²) in [5, 5.41) is 0. The average molecular weight is 476 g/mol. The molecule has 0 aromatic heterocycles. The molecule has 0 saturated heterocycles. The minimum atomic E-state index is 1.38. The molecule has 0 N–H and O–H groups in total. The monoisotopic (exact) mass is 476 g/mol. The van der Waals surface area contributed by atoms with Crippen LogP contribution in [0.1, 0.15) is 27.8 Å². The predicted octanol–water partition coefficient (Wildman–Crippen LogP) is 4.68. The van der Waals surface area contributed by atoms with Gasteiger partial charge in [0.15, 0.2) is 0 Å². The standard InChI is InChI=1S/C10H15.CO.Co.2HI/c1-6-7(2)9(4)10(5)8(6)3;1-2;;;/h1-5H3;;;2*1H/q-1;;+2;;/p-2. The summed E-state index contributed by atoms with van der Waals surface area (Å²) in [6, 6.07) is 0. The Morgan fingerprint density at radius 1 is 1.00 bits per heavy atom. The fraction of sp³-hybridized carbons (Fsp3) is 0.455. The van der Waals surface area contributed by atoms with Crippen molar-refractivity contribution in [1.29, 1.82) is 0 Å². The fourth-order valence-electron chi connectivity index (χ4n) is 1.41. The van der Waals surface area contributed by atoms with Crippen LogP contribution in [0, 0.1) is 41.3 Å². The maximum atomic E-state index is 7.50. The molecule has 1 nitrogen and oxygen atoms in total. The number of rotatable bonds is 0. The molecular weight excluding hydrogens is 461 g/mol. The van der Waals surface area contributed by atoms with Gasteiger partial charge < -0.3 is 0 Å². The van der Waals surface area contributed by atoms with Gasteiger partial charge in [-0.25, -0.2) is 0 Å². The van der Waals surface area contributed by atoms with E-state index >= 15 is 0 Å². The van der Waals surface area contributed by atoms with Gasteiger partial charge in [-0.05, 0) is 0 Å². The van der Waals surface area contributed by atoms with E-state index in [9.17, 15) is 0 Å². The van der Waals surface area contributed by atoms with Gasteiger partial charge in [-0.15, -0.1) is 0 Å². The summed E-state index contributed by atoms with van der Waals surface area (Å²) in [6.45, 7) is 15.5. The molecule has 89 valence electrons. The molecule has 15 heavy (non-hydrogen) atoms. The van der Waals surface area contributed by atoms with Crippen molar-refractivity contribution in [2.24, 2.45) is 0 Å². The van der Waals surface area contributed by atoms with Crippen LogP contribution in [0.25, 0.3) is 0 Å². The number of hydrogen-bond donors (Lipinski definition) is 0. The van der Waals surface area contributed by atoms with Gasteiger partial charge in [0.1, 0.15) is 0 Å². The predicted molar refractivity (Wildman–Crippen MR) is 77.7 cm³/mol. The molecule has 0 fully saturated rings. The van der Waals surface area contributed by atoms with E-state index in [1.807, 2.05) is 0 Å². The van der Waals surface area contributed by atoms with Gasteiger partial charge in [0.25, 0.3) is 0 Å². The van der Waals surface area contributed by atoms with E-state index in [1.54, 1.807) is 0 Å². The summed E-state index contributed by atoms with van der Waals surface area (Å²) in [6.07, 6.45) is 0. The summed E-state index contributed by atoms with van der Waals surface area (Å²) in [4.78, 5) is 0. The molecule has 0 aliphatic heterocycles. The van der Waals surface area contributed by atoms with Crippen LogP contribution in [0.15, 0.2) is 0 Å². The SMILES string of the molecule is Cc1c(C)c(C)[c-](C)c1C.[C-]#[O+].[I][Co][I]. The van der Waals surface area contributed by atoms with Crippen molar-refractivity contribution in [2.45, 2.75) is 34.6 Å². The molecule has 0 heterocycles. The van der Waals surface area contributed by atoms with Crippen LogP contribution in [0.5, 0.6) is 0 Å². The Hall–Kier alpha value is 1.06. The number of halogens is 2. The van der Waals surface area contributed by atoms with Crippen LogP contribution in [-0.2, 0) is 12.9 Å². The first-order chi connectivity index (χ1) is 6.97. The maximum absolute atomic E-state index is 7.50. The Kier molecular flexibility index (Phi) is 12.6. The second-order valence-electron chi connectivity index (χ2n) is 3.17. The van der Waals surface area contributed by atoms with Gasteiger partial charge in [0.2, 0.25) is 0 Å². The van der Waals surface area contributed by atoms with Gasteiger partial charge in [-0.1, -0.05) is 34.6 Å². The zero-order valence-electron chi connectivity index (χ0n) is 9.50. The van der Waals surface area contributed by atoms with Crippen molar-refractivity contribution in [3.8, 4) is 0 Å². The van der Waals surface area contributed by atoms with Gasteiger partial charge in [-0.3, -0.25) is 0 Å². The van der Waals surface area contributed by atoms with E-state index in [0.717, 1.165) is 0 Å². The Morgan fingerprint density at radius 3 is 1.27 bits per heavy atom. The van der Waals surface area contributed by atoms with Gasteiger partial charge in [-0.2, -0.15) is 27.8 Å². The van der Waals surface area contributed by atoms with Gasteiger partial charge in [0, 0.05) is 0 Å². The molecule has 0 spiro atoms. The molecule has 0 radical (unpaired) electrons. The first-order valence-electron chi connectivity index (χ1n) is 4.21. The molecule has 0 aliphatic rings. The number of hydrogen-bond acceptors (Lipinski definition) is 0. The van der Waals surface area contributed by atoms with E-state index in [2.05, 4.69) is 82.1 Å². The van der Waals surface area contributed by atoms with Crippen LogP contribution < -0.4 is 0 Å². The molecule has 0 atom stereocenters. The molecule has 1 rings (SSSR count). The quantitative estimate of drug-likeness (QED) is 0.295. The van der Waals surface area contributed by atoms with E-state index in [0.29, 0.717) is 0 Å². The Morgan fingerprint density at radius 2 is 1.20 bits per heavy atom. The second kappa shape index (κ2) is 10.2. The van der Waals surface area contributed by atoms with Crippen molar-refractivity contribution >= 4 is 40.8 Å². The Labute approximate surface area is 121 Å². The summed E-state index contributed by atoms with van der Waals surface area (Å²) < 4.78 is 7.50. The van der Waals surface area contributed by atoms with Crippen molar-refractivity contribution in [2.75, 3.05) is 0 Å². The van der Waals surface area contributed by atoms with E-state index in [-0.39, 0.29) is 0 Å². The normalized spacial score (nSPS) is 8.60. The summed E-state index contributed by atoms with van der Waals surface area (Å²) in [5.41, 5.74) is 7.34. The molecule has 0 bridgehead atoms. The minimum absolute atomic E-state index is 1.38. The fourth-order valence-corrected chi connectivity index (χ4v) is 1.41. The molecule has 1 aromatic carbocycles.